The second kappa shape index (κ2) is 8.96. The molecule has 96 valence electrons. The van der Waals surface area contributed by atoms with Crippen molar-refractivity contribution in [1.82, 2.24) is 4.90 Å². The van der Waals surface area contributed by atoms with Gasteiger partial charge in [-0.2, -0.15) is 0 Å². The van der Waals surface area contributed by atoms with Gasteiger partial charge in [-0.1, -0.05) is 40.9 Å². The number of hydrogen-bond acceptors (Lipinski definition) is 1. The minimum Gasteiger partial charge on any atom is -0.302 e. The third-order valence-electron chi connectivity index (χ3n) is 2.76. The lowest BCUT2D eigenvalue weighted by Crippen LogP contribution is -2.19. The van der Waals surface area contributed by atoms with E-state index in [0.717, 1.165) is 29.9 Å². The Labute approximate surface area is 118 Å². The predicted molar refractivity (Wildman–Crippen MR) is 79.7 cm³/mol. The number of alkyl halides is 1. The van der Waals surface area contributed by atoms with E-state index in [0.29, 0.717) is 0 Å². The van der Waals surface area contributed by atoms with E-state index in [4.69, 9.17) is 11.6 Å². The smallest absolute Gasteiger partial charge is 0.0231 e. The summed E-state index contributed by atoms with van der Waals surface area (Å²) in [6.07, 6.45) is 4.96. The Bertz CT molecular complexity index is 317. The van der Waals surface area contributed by atoms with Crippen molar-refractivity contribution in [3.05, 3.63) is 34.3 Å². The maximum Gasteiger partial charge on any atom is 0.0231 e. The number of rotatable bonds is 8. The van der Waals surface area contributed by atoms with E-state index in [1.807, 2.05) is 0 Å². The van der Waals surface area contributed by atoms with E-state index < -0.39 is 0 Å². The van der Waals surface area contributed by atoms with Crippen molar-refractivity contribution in [2.75, 3.05) is 19.5 Å². The maximum atomic E-state index is 5.65. The average molecular weight is 319 g/mol. The largest absolute Gasteiger partial charge is 0.302 e. The van der Waals surface area contributed by atoms with Crippen LogP contribution in [-0.4, -0.2) is 24.4 Å². The van der Waals surface area contributed by atoms with Crippen LogP contribution in [0, 0.1) is 0 Å². The van der Waals surface area contributed by atoms with Gasteiger partial charge in [0.2, 0.25) is 0 Å². The summed E-state index contributed by atoms with van der Waals surface area (Å²) >= 11 is 9.15. The zero-order valence-corrected chi connectivity index (χ0v) is 12.8. The molecule has 0 fully saturated rings. The molecule has 0 aliphatic heterocycles. The summed E-state index contributed by atoms with van der Waals surface area (Å²) < 4.78 is 1.16. The van der Waals surface area contributed by atoms with E-state index in [2.05, 4.69) is 52.1 Å². The predicted octanol–water partition coefficient (Wildman–Crippen LogP) is 4.68. The summed E-state index contributed by atoms with van der Waals surface area (Å²) in [6.45, 7) is 2.18. The monoisotopic (exact) mass is 317 g/mol. The van der Waals surface area contributed by atoms with Gasteiger partial charge < -0.3 is 4.90 Å². The highest BCUT2D eigenvalue weighted by molar-refractivity contribution is 9.10. The Morgan fingerprint density at radius 3 is 2.65 bits per heavy atom. The molecule has 0 radical (unpaired) electrons. The fraction of sp³-hybridized carbons (Fsp3) is 0.571. The molecule has 0 amide bonds. The molecule has 17 heavy (non-hydrogen) atoms. The molecule has 1 aromatic rings. The number of halogens is 2. The van der Waals surface area contributed by atoms with Crippen LogP contribution in [0.5, 0.6) is 0 Å². The van der Waals surface area contributed by atoms with Crippen LogP contribution < -0.4 is 0 Å². The number of nitrogens with zero attached hydrogens (tertiary/aromatic N) is 1. The van der Waals surface area contributed by atoms with Crippen LogP contribution in [0.3, 0.4) is 0 Å². The Morgan fingerprint density at radius 2 is 1.94 bits per heavy atom. The van der Waals surface area contributed by atoms with Gasteiger partial charge in [0.1, 0.15) is 0 Å². The first-order valence-corrected chi connectivity index (χ1v) is 7.54. The molecule has 1 aromatic carbocycles. The van der Waals surface area contributed by atoms with E-state index in [-0.39, 0.29) is 0 Å². The van der Waals surface area contributed by atoms with Crippen molar-refractivity contribution in [1.29, 1.82) is 0 Å². The highest BCUT2D eigenvalue weighted by Crippen LogP contribution is 2.13. The van der Waals surface area contributed by atoms with E-state index in [1.165, 1.54) is 24.8 Å². The number of hydrogen-bond donors (Lipinski definition) is 0. The minimum atomic E-state index is 0.799. The molecule has 0 saturated carbocycles. The molecular formula is C14H21BrClN. The lowest BCUT2D eigenvalue weighted by molar-refractivity contribution is 0.317. The number of benzene rings is 1. The van der Waals surface area contributed by atoms with Crippen LogP contribution in [0.1, 0.15) is 31.2 Å². The van der Waals surface area contributed by atoms with Crippen molar-refractivity contribution in [3.63, 3.8) is 0 Å². The van der Waals surface area contributed by atoms with E-state index in [9.17, 15) is 0 Å². The summed E-state index contributed by atoms with van der Waals surface area (Å²) in [6, 6.07) is 8.52. The fourth-order valence-electron chi connectivity index (χ4n) is 1.86. The highest BCUT2D eigenvalue weighted by Gasteiger charge is 2.00. The van der Waals surface area contributed by atoms with Crippen LogP contribution in [0.2, 0.25) is 0 Å². The Kier molecular flexibility index (Phi) is 7.91. The topological polar surface area (TPSA) is 3.24 Å². The average Bonchev–Trinajstić information content (AvgIpc) is 2.29. The first-order valence-electron chi connectivity index (χ1n) is 6.21. The van der Waals surface area contributed by atoms with Gasteiger partial charge >= 0.3 is 0 Å². The van der Waals surface area contributed by atoms with Gasteiger partial charge in [-0.15, -0.1) is 11.6 Å². The molecule has 0 heterocycles. The van der Waals surface area contributed by atoms with Gasteiger partial charge in [-0.05, 0) is 44.1 Å². The van der Waals surface area contributed by atoms with Gasteiger partial charge in [0, 0.05) is 16.9 Å². The number of unbranched alkanes of at least 4 members (excludes halogenated alkanes) is 3. The minimum absolute atomic E-state index is 0.799. The van der Waals surface area contributed by atoms with Gasteiger partial charge in [-0.25, -0.2) is 0 Å². The first kappa shape index (κ1) is 15.0. The summed E-state index contributed by atoms with van der Waals surface area (Å²) in [4.78, 5) is 2.38. The quantitative estimate of drug-likeness (QED) is 0.497. The Morgan fingerprint density at radius 1 is 1.18 bits per heavy atom. The van der Waals surface area contributed by atoms with Gasteiger partial charge in [-0.3, -0.25) is 0 Å². The standard InChI is InChI=1S/C14H21BrClN/c1-17(10-5-3-2-4-9-16)12-13-7-6-8-14(15)11-13/h6-8,11H,2-5,9-10,12H2,1H3. The van der Waals surface area contributed by atoms with Gasteiger partial charge in [0.15, 0.2) is 0 Å². The highest BCUT2D eigenvalue weighted by atomic mass is 79.9. The van der Waals surface area contributed by atoms with Crippen molar-refractivity contribution in [3.8, 4) is 0 Å². The Balaban J connectivity index is 2.18. The van der Waals surface area contributed by atoms with Gasteiger partial charge in [0.05, 0.1) is 0 Å². The normalized spacial score (nSPS) is 11.1. The summed E-state index contributed by atoms with van der Waals surface area (Å²) in [5.41, 5.74) is 1.36. The van der Waals surface area contributed by atoms with Gasteiger partial charge in [0.25, 0.3) is 0 Å². The first-order chi connectivity index (χ1) is 8.22. The van der Waals surface area contributed by atoms with Crippen molar-refractivity contribution in [2.45, 2.75) is 32.2 Å². The molecule has 0 aliphatic carbocycles. The van der Waals surface area contributed by atoms with E-state index in [1.54, 1.807) is 0 Å². The van der Waals surface area contributed by atoms with Crippen LogP contribution in [0.25, 0.3) is 0 Å². The molecule has 1 nitrogen and oxygen atoms in total. The van der Waals surface area contributed by atoms with Crippen molar-refractivity contribution in [2.24, 2.45) is 0 Å². The zero-order chi connectivity index (χ0) is 12.5. The molecule has 3 heteroatoms. The molecular weight excluding hydrogens is 298 g/mol. The molecule has 1 rings (SSSR count). The van der Waals surface area contributed by atoms with E-state index >= 15 is 0 Å². The maximum absolute atomic E-state index is 5.65. The van der Waals surface area contributed by atoms with Crippen molar-refractivity contribution < 1.29 is 0 Å². The molecule has 0 aliphatic rings. The summed E-state index contributed by atoms with van der Waals surface area (Å²) in [7, 11) is 2.18. The third kappa shape index (κ3) is 7.07. The third-order valence-corrected chi connectivity index (χ3v) is 3.53. The molecule has 0 N–H and O–H groups in total. The van der Waals surface area contributed by atoms with Crippen LogP contribution >= 0.6 is 27.5 Å². The zero-order valence-electron chi connectivity index (χ0n) is 10.5. The summed E-state index contributed by atoms with van der Waals surface area (Å²) in [5, 5.41) is 0. The lowest BCUT2D eigenvalue weighted by atomic mass is 10.2. The molecule has 0 bridgehead atoms. The van der Waals surface area contributed by atoms with Crippen LogP contribution in [0.4, 0.5) is 0 Å². The summed E-state index contributed by atoms with van der Waals surface area (Å²) in [5.74, 6) is 0.799. The van der Waals surface area contributed by atoms with Crippen LogP contribution in [-0.2, 0) is 6.54 Å². The Hall–Kier alpha value is -0.0500. The molecule has 0 aromatic heterocycles. The molecule has 0 unspecified atom stereocenters. The lowest BCUT2D eigenvalue weighted by Gasteiger charge is -2.16. The molecule has 0 saturated heterocycles. The SMILES string of the molecule is CN(CCCCCCCl)Cc1cccc(Br)c1. The van der Waals surface area contributed by atoms with Crippen molar-refractivity contribution >= 4 is 27.5 Å². The molecule has 0 atom stereocenters. The van der Waals surface area contributed by atoms with Crippen LogP contribution in [0.15, 0.2) is 28.7 Å². The second-order valence-electron chi connectivity index (χ2n) is 4.47. The fourth-order valence-corrected chi connectivity index (χ4v) is 2.49. The second-order valence-corrected chi connectivity index (χ2v) is 5.76. The molecule has 0 spiro atoms.